The van der Waals surface area contributed by atoms with Gasteiger partial charge in [0.05, 0.1) is 16.7 Å². The highest BCUT2D eigenvalue weighted by Gasteiger charge is 2.19. The lowest BCUT2D eigenvalue weighted by Gasteiger charge is -2.13. The van der Waals surface area contributed by atoms with Crippen molar-refractivity contribution in [3.8, 4) is 17.0 Å². The Kier molecular flexibility index (Phi) is 4.30. The van der Waals surface area contributed by atoms with E-state index in [2.05, 4.69) is 73.0 Å². The number of rotatable bonds is 1. The molecule has 8 aromatic rings. The maximum Gasteiger partial charge on any atom is 0.116 e. The van der Waals surface area contributed by atoms with Gasteiger partial charge in [0.15, 0.2) is 0 Å². The highest BCUT2D eigenvalue weighted by Crippen LogP contribution is 2.42. The Morgan fingerprint density at radius 1 is 0.590 bits per heavy atom. The van der Waals surface area contributed by atoms with Crippen LogP contribution in [-0.4, -0.2) is 25.0 Å². The predicted octanol–water partition coefficient (Wildman–Crippen LogP) is 8.66. The van der Waals surface area contributed by atoms with Gasteiger partial charge in [-0.15, -0.1) is 0 Å². The summed E-state index contributed by atoms with van der Waals surface area (Å²) in [6.07, 6.45) is 5.75. The van der Waals surface area contributed by atoms with Crippen LogP contribution in [0.2, 0.25) is 0 Å². The van der Waals surface area contributed by atoms with E-state index in [1.54, 1.807) is 6.07 Å². The van der Waals surface area contributed by atoms with Crippen LogP contribution in [0.4, 0.5) is 0 Å². The topological polar surface area (TPSA) is 77.6 Å². The molecule has 0 atom stereocenters. The number of benzene rings is 4. The second kappa shape index (κ2) is 7.58. The molecular weight excluding hydrogens is 480 g/mol. The number of hydrogen-bond acceptors (Lipinski definition) is 3. The minimum absolute atomic E-state index is 0.269. The number of aromatic nitrogens is 4. The van der Waals surface area contributed by atoms with Gasteiger partial charge in [0.1, 0.15) is 5.75 Å². The first-order valence-corrected chi connectivity index (χ1v) is 13.2. The van der Waals surface area contributed by atoms with E-state index >= 15 is 0 Å². The third-order valence-electron chi connectivity index (χ3n) is 8.71. The van der Waals surface area contributed by atoms with Crippen molar-refractivity contribution in [1.82, 2.24) is 19.9 Å². The molecule has 0 radical (unpaired) electrons. The smallest absolute Gasteiger partial charge is 0.116 e. The third-order valence-corrected chi connectivity index (χ3v) is 8.71. The van der Waals surface area contributed by atoms with Gasteiger partial charge in [0.2, 0.25) is 0 Å². The Balaban J connectivity index is 1.48. The highest BCUT2D eigenvalue weighted by atomic mass is 16.3. The fourth-order valence-corrected chi connectivity index (χ4v) is 6.78. The van der Waals surface area contributed by atoms with Gasteiger partial charge < -0.3 is 15.1 Å². The van der Waals surface area contributed by atoms with Gasteiger partial charge in [-0.05, 0) is 103 Å². The Morgan fingerprint density at radius 3 is 2.05 bits per heavy atom. The Bertz CT molecular complexity index is 2340. The molecule has 0 saturated heterocycles. The molecule has 0 saturated carbocycles. The van der Waals surface area contributed by atoms with Crippen LogP contribution in [-0.2, 0) is 0 Å². The molecule has 0 fully saturated rings. The Labute approximate surface area is 224 Å². The van der Waals surface area contributed by atoms with Crippen molar-refractivity contribution >= 4 is 65.2 Å². The van der Waals surface area contributed by atoms with Crippen LogP contribution in [0.15, 0.2) is 67.1 Å². The monoisotopic (exact) mass is 506 g/mol. The number of aryl methyl sites for hydroxylation is 4. The van der Waals surface area contributed by atoms with Crippen LogP contribution in [0.5, 0.6) is 5.75 Å². The summed E-state index contributed by atoms with van der Waals surface area (Å²) in [6.45, 7) is 8.71. The van der Waals surface area contributed by atoms with E-state index in [0.717, 1.165) is 49.5 Å². The molecule has 0 unspecified atom stereocenters. The van der Waals surface area contributed by atoms with Crippen LogP contribution < -0.4 is 0 Å². The number of phenolic OH excluding ortho intramolecular Hbond substituents is 1. The molecule has 4 aromatic carbocycles. The SMILES string of the molecule is Cc1c2ccncc2c(C)c2c1[nH]c1ccc(-c3nccc4c(C)c5[nH]c6ccc(O)cc6c5c(C)c34)cc12. The van der Waals surface area contributed by atoms with Crippen molar-refractivity contribution in [2.75, 3.05) is 0 Å². The van der Waals surface area contributed by atoms with E-state index in [1.807, 2.05) is 30.7 Å². The number of nitrogens with zero attached hydrogens (tertiary/aromatic N) is 2. The van der Waals surface area contributed by atoms with E-state index in [4.69, 9.17) is 4.98 Å². The summed E-state index contributed by atoms with van der Waals surface area (Å²) >= 11 is 0. The second-order valence-corrected chi connectivity index (χ2v) is 10.7. The molecule has 5 nitrogen and oxygen atoms in total. The maximum atomic E-state index is 10.3. The van der Waals surface area contributed by atoms with Gasteiger partial charge in [-0.3, -0.25) is 9.97 Å². The van der Waals surface area contributed by atoms with Crippen molar-refractivity contribution in [3.63, 3.8) is 0 Å². The van der Waals surface area contributed by atoms with Crippen LogP contribution >= 0.6 is 0 Å². The summed E-state index contributed by atoms with van der Waals surface area (Å²) in [5.41, 5.74) is 11.3. The first-order valence-electron chi connectivity index (χ1n) is 13.2. The molecule has 4 heterocycles. The number of hydrogen-bond donors (Lipinski definition) is 3. The number of pyridine rings is 2. The molecule has 39 heavy (non-hydrogen) atoms. The lowest BCUT2D eigenvalue weighted by Crippen LogP contribution is -1.93. The summed E-state index contributed by atoms with van der Waals surface area (Å²) in [7, 11) is 0. The highest BCUT2D eigenvalue weighted by molar-refractivity contribution is 6.20. The van der Waals surface area contributed by atoms with E-state index < -0.39 is 0 Å². The summed E-state index contributed by atoms with van der Waals surface area (Å²) in [5, 5.41) is 19.6. The number of aromatic amines is 2. The van der Waals surface area contributed by atoms with Gasteiger partial charge in [-0.1, -0.05) is 6.07 Å². The maximum absolute atomic E-state index is 10.3. The number of fused-ring (bicyclic) bond motifs is 8. The number of aromatic hydroxyl groups is 1. The molecule has 0 aliphatic heterocycles. The first kappa shape index (κ1) is 22.1. The van der Waals surface area contributed by atoms with Gasteiger partial charge in [-0.25, -0.2) is 0 Å². The van der Waals surface area contributed by atoms with Crippen LogP contribution in [0, 0.1) is 27.7 Å². The summed E-state index contributed by atoms with van der Waals surface area (Å²) in [6, 6.07) is 16.4. The number of phenols is 1. The zero-order valence-corrected chi connectivity index (χ0v) is 22.2. The third kappa shape index (κ3) is 2.84. The van der Waals surface area contributed by atoms with Gasteiger partial charge in [0.25, 0.3) is 0 Å². The normalized spacial score (nSPS) is 12.2. The van der Waals surface area contributed by atoms with Crippen molar-refractivity contribution in [1.29, 1.82) is 0 Å². The number of H-pyrrole nitrogens is 2. The molecule has 0 aliphatic carbocycles. The van der Waals surface area contributed by atoms with E-state index in [-0.39, 0.29) is 5.75 Å². The Morgan fingerprint density at radius 2 is 1.26 bits per heavy atom. The minimum Gasteiger partial charge on any atom is -0.508 e. The van der Waals surface area contributed by atoms with Gasteiger partial charge >= 0.3 is 0 Å². The van der Waals surface area contributed by atoms with Gasteiger partial charge in [-0.2, -0.15) is 0 Å². The predicted molar refractivity (Wildman–Crippen MR) is 162 cm³/mol. The zero-order chi connectivity index (χ0) is 26.6. The molecule has 0 aliphatic rings. The molecule has 0 amide bonds. The lowest BCUT2D eigenvalue weighted by atomic mass is 9.92. The zero-order valence-electron chi connectivity index (χ0n) is 22.2. The fourth-order valence-electron chi connectivity index (χ4n) is 6.78. The largest absolute Gasteiger partial charge is 0.508 e. The molecule has 8 rings (SSSR count). The molecule has 0 bridgehead atoms. The molecule has 188 valence electrons. The quantitative estimate of drug-likeness (QED) is 0.208. The first-order chi connectivity index (χ1) is 18.9. The summed E-state index contributed by atoms with van der Waals surface area (Å²) in [5.74, 6) is 0.269. The molecule has 0 spiro atoms. The summed E-state index contributed by atoms with van der Waals surface area (Å²) in [4.78, 5) is 16.6. The van der Waals surface area contributed by atoms with Crippen molar-refractivity contribution in [2.24, 2.45) is 0 Å². The van der Waals surface area contributed by atoms with Crippen molar-refractivity contribution in [3.05, 3.63) is 89.4 Å². The van der Waals surface area contributed by atoms with E-state index in [0.29, 0.717) is 0 Å². The fraction of sp³-hybridized carbons (Fsp3) is 0.118. The standard InChI is InChI=1S/C34H26N4O/c1-16-26-15-35-11-9-22(26)17(2)32-29(16)24-13-20(5-7-27(24)37-32)34-30-19(4)31-25-14-21(39)6-8-28(25)38-33(31)18(3)23(30)10-12-36-34/h5-15,37-39H,1-4H3. The average molecular weight is 507 g/mol. The van der Waals surface area contributed by atoms with Gasteiger partial charge in [0, 0.05) is 67.5 Å². The molecule has 3 N–H and O–H groups in total. The van der Waals surface area contributed by atoms with Crippen LogP contribution in [0.1, 0.15) is 22.3 Å². The summed E-state index contributed by atoms with van der Waals surface area (Å²) < 4.78 is 0. The number of nitrogens with one attached hydrogen (secondary N) is 2. The minimum atomic E-state index is 0.269. The molecular formula is C34H26N4O. The van der Waals surface area contributed by atoms with E-state index in [9.17, 15) is 5.11 Å². The van der Waals surface area contributed by atoms with Crippen LogP contribution in [0.3, 0.4) is 0 Å². The van der Waals surface area contributed by atoms with Crippen molar-refractivity contribution in [2.45, 2.75) is 27.7 Å². The lowest BCUT2D eigenvalue weighted by molar-refractivity contribution is 0.476. The van der Waals surface area contributed by atoms with Crippen molar-refractivity contribution < 1.29 is 5.11 Å². The molecule has 4 aromatic heterocycles. The van der Waals surface area contributed by atoms with Crippen LogP contribution in [0.25, 0.3) is 76.4 Å². The second-order valence-electron chi connectivity index (χ2n) is 10.7. The Hall–Kier alpha value is -4.90. The average Bonchev–Trinajstić information content (AvgIpc) is 3.53. The van der Waals surface area contributed by atoms with E-state index in [1.165, 1.54) is 49.1 Å². The molecule has 5 heteroatoms.